The van der Waals surface area contributed by atoms with Gasteiger partial charge in [0.15, 0.2) is 11.5 Å². The highest BCUT2D eigenvalue weighted by atomic mass is 32.2. The van der Waals surface area contributed by atoms with E-state index in [-0.39, 0.29) is 28.2 Å². The van der Waals surface area contributed by atoms with Gasteiger partial charge in [-0.05, 0) is 96.8 Å². The number of benzene rings is 3. The van der Waals surface area contributed by atoms with Crippen LogP contribution >= 0.6 is 0 Å². The first-order valence-electron chi connectivity index (χ1n) is 10.8. The Morgan fingerprint density at radius 1 is 0.970 bits per heavy atom. The maximum atomic E-state index is 12.7. The molecule has 1 amide bonds. The highest BCUT2D eigenvalue weighted by molar-refractivity contribution is 7.92. The zero-order valence-electron chi connectivity index (χ0n) is 18.2. The maximum absolute atomic E-state index is 12.7. The number of phenols is 2. The van der Waals surface area contributed by atoms with Crippen molar-refractivity contribution in [3.05, 3.63) is 77.4 Å². The van der Waals surface area contributed by atoms with Gasteiger partial charge in [-0.25, -0.2) is 8.42 Å². The molecule has 1 unspecified atom stereocenters. The molecule has 0 radical (unpaired) electrons. The molecule has 1 aliphatic rings. The van der Waals surface area contributed by atoms with Crippen molar-refractivity contribution in [1.82, 2.24) is 0 Å². The van der Waals surface area contributed by atoms with Gasteiger partial charge in [0.1, 0.15) is 0 Å². The van der Waals surface area contributed by atoms with Crippen molar-refractivity contribution < 1.29 is 23.4 Å². The van der Waals surface area contributed by atoms with Crippen LogP contribution in [0.3, 0.4) is 0 Å². The van der Waals surface area contributed by atoms with Crippen molar-refractivity contribution in [2.75, 3.05) is 10.0 Å². The van der Waals surface area contributed by atoms with Crippen molar-refractivity contribution in [3.63, 3.8) is 0 Å². The van der Waals surface area contributed by atoms with Crippen LogP contribution in [0.5, 0.6) is 11.5 Å². The van der Waals surface area contributed by atoms with Gasteiger partial charge in [-0.15, -0.1) is 0 Å². The number of anilines is 2. The smallest absolute Gasteiger partial charge is 0.261 e. The van der Waals surface area contributed by atoms with Crippen LogP contribution < -0.4 is 10.0 Å². The number of hydrogen-bond acceptors (Lipinski definition) is 5. The van der Waals surface area contributed by atoms with Gasteiger partial charge in [-0.3, -0.25) is 9.52 Å². The molecule has 0 heterocycles. The molecule has 3 aromatic rings. The number of carbonyl (C=O) groups is 1. The van der Waals surface area contributed by atoms with Gasteiger partial charge in [0.25, 0.3) is 10.0 Å². The van der Waals surface area contributed by atoms with E-state index in [0.29, 0.717) is 11.4 Å². The fourth-order valence-electron chi connectivity index (χ4n) is 4.27. The number of hydrogen-bond donors (Lipinski definition) is 4. The molecule has 0 bridgehead atoms. The van der Waals surface area contributed by atoms with Crippen molar-refractivity contribution in [2.24, 2.45) is 0 Å². The highest BCUT2D eigenvalue weighted by Gasteiger charge is 2.22. The number of nitrogens with one attached hydrogen (secondary N) is 2. The van der Waals surface area contributed by atoms with E-state index in [1.165, 1.54) is 19.1 Å². The summed E-state index contributed by atoms with van der Waals surface area (Å²) in [7, 11) is -3.76. The topological polar surface area (TPSA) is 116 Å². The van der Waals surface area contributed by atoms with Crippen LogP contribution in [0.2, 0.25) is 0 Å². The second-order valence-electron chi connectivity index (χ2n) is 8.34. The number of amides is 1. The summed E-state index contributed by atoms with van der Waals surface area (Å²) in [5, 5.41) is 22.3. The summed E-state index contributed by atoms with van der Waals surface area (Å²) < 4.78 is 28.0. The van der Waals surface area contributed by atoms with Gasteiger partial charge in [0.2, 0.25) is 5.91 Å². The lowest BCUT2D eigenvalue weighted by atomic mass is 9.79. The monoisotopic (exact) mass is 466 g/mol. The Labute approximate surface area is 193 Å². The van der Waals surface area contributed by atoms with Crippen LogP contribution in [0.4, 0.5) is 11.4 Å². The largest absolute Gasteiger partial charge is 0.504 e. The summed E-state index contributed by atoms with van der Waals surface area (Å²) in [4.78, 5) is 11.2. The first-order chi connectivity index (χ1) is 15.7. The van der Waals surface area contributed by atoms with E-state index in [2.05, 4.69) is 10.0 Å². The summed E-state index contributed by atoms with van der Waals surface area (Å²) in [5.74, 6) is -0.188. The first kappa shape index (κ1) is 22.7. The van der Waals surface area contributed by atoms with Gasteiger partial charge in [-0.2, -0.15) is 0 Å². The Morgan fingerprint density at radius 2 is 1.61 bits per heavy atom. The van der Waals surface area contributed by atoms with Crippen LogP contribution in [0, 0.1) is 0 Å². The van der Waals surface area contributed by atoms with Crippen molar-refractivity contribution in [1.29, 1.82) is 0 Å². The predicted octanol–water partition coefficient (Wildman–Crippen LogP) is 4.52. The standard InChI is InChI=1S/C25H26N2O5S/c1-16(28)26-20-9-11-22(12-10-20)33(31,32)27-21-7-5-17(6-8-21)13-18-3-2-4-19-14-24(29)25(30)15-23(18)19/h5-12,14-15,18,27,29-30H,2-4,13H2,1H3,(H,26,28). The van der Waals surface area contributed by atoms with E-state index in [1.807, 2.05) is 12.1 Å². The number of aromatic hydroxyl groups is 2. The third kappa shape index (κ3) is 5.28. The number of fused-ring (bicyclic) bond motifs is 1. The number of rotatable bonds is 6. The van der Waals surface area contributed by atoms with Gasteiger partial charge in [0.05, 0.1) is 4.90 Å². The summed E-state index contributed by atoms with van der Waals surface area (Å²) in [6, 6.07) is 16.5. The number of phenolic OH excluding ortho intramolecular Hbond substituents is 2. The molecule has 1 aliphatic carbocycles. The summed E-state index contributed by atoms with van der Waals surface area (Å²) >= 11 is 0. The molecule has 3 aromatic carbocycles. The molecule has 7 nitrogen and oxygen atoms in total. The third-order valence-corrected chi connectivity index (χ3v) is 7.25. The Kier molecular flexibility index (Phi) is 6.29. The summed E-state index contributed by atoms with van der Waals surface area (Å²) in [5.41, 5.74) is 4.16. The van der Waals surface area contributed by atoms with Crippen LogP contribution in [-0.2, 0) is 27.7 Å². The lowest BCUT2D eigenvalue weighted by molar-refractivity contribution is -0.114. The lowest BCUT2D eigenvalue weighted by Crippen LogP contribution is -2.14. The van der Waals surface area contributed by atoms with E-state index in [9.17, 15) is 23.4 Å². The van der Waals surface area contributed by atoms with E-state index < -0.39 is 10.0 Å². The molecule has 0 spiro atoms. The van der Waals surface area contributed by atoms with E-state index in [4.69, 9.17) is 0 Å². The third-order valence-electron chi connectivity index (χ3n) is 5.85. The zero-order valence-corrected chi connectivity index (χ0v) is 19.0. The first-order valence-corrected chi connectivity index (χ1v) is 12.2. The fourth-order valence-corrected chi connectivity index (χ4v) is 5.33. The minimum Gasteiger partial charge on any atom is -0.504 e. The lowest BCUT2D eigenvalue weighted by Gasteiger charge is -2.26. The average Bonchev–Trinajstić information content (AvgIpc) is 2.76. The molecular weight excluding hydrogens is 440 g/mol. The summed E-state index contributed by atoms with van der Waals surface area (Å²) in [6.45, 7) is 1.39. The van der Waals surface area contributed by atoms with E-state index in [0.717, 1.165) is 42.4 Å². The van der Waals surface area contributed by atoms with Crippen LogP contribution in [0.1, 0.15) is 42.4 Å². The quantitative estimate of drug-likeness (QED) is 0.399. The van der Waals surface area contributed by atoms with Gasteiger partial charge >= 0.3 is 0 Å². The van der Waals surface area contributed by atoms with Crippen LogP contribution in [0.25, 0.3) is 0 Å². The predicted molar refractivity (Wildman–Crippen MR) is 127 cm³/mol. The normalized spacial score (nSPS) is 15.5. The van der Waals surface area contributed by atoms with Crippen molar-refractivity contribution in [2.45, 2.75) is 43.4 Å². The number of aryl methyl sites for hydroxylation is 1. The van der Waals surface area contributed by atoms with Crippen LogP contribution in [0.15, 0.2) is 65.6 Å². The molecule has 1 atom stereocenters. The second kappa shape index (κ2) is 9.15. The van der Waals surface area contributed by atoms with Crippen molar-refractivity contribution >= 4 is 27.3 Å². The van der Waals surface area contributed by atoms with E-state index >= 15 is 0 Å². The SMILES string of the molecule is CC(=O)Nc1ccc(S(=O)(=O)Nc2ccc(CC3CCCc4cc(O)c(O)cc43)cc2)cc1. The minimum atomic E-state index is -3.76. The molecule has 33 heavy (non-hydrogen) atoms. The Morgan fingerprint density at radius 3 is 2.27 bits per heavy atom. The molecule has 0 aromatic heterocycles. The number of carbonyl (C=O) groups excluding carboxylic acids is 1. The Hall–Kier alpha value is -3.52. The zero-order chi connectivity index (χ0) is 23.6. The Balaban J connectivity index is 1.45. The molecule has 0 saturated carbocycles. The molecule has 172 valence electrons. The Bertz CT molecular complexity index is 1270. The molecular formula is C25H26N2O5S. The molecule has 4 N–H and O–H groups in total. The average molecular weight is 467 g/mol. The summed E-state index contributed by atoms with van der Waals surface area (Å²) in [6.07, 6.45) is 3.64. The van der Waals surface area contributed by atoms with Gasteiger partial charge < -0.3 is 15.5 Å². The van der Waals surface area contributed by atoms with Crippen LogP contribution in [-0.4, -0.2) is 24.5 Å². The minimum absolute atomic E-state index is 0.0872. The fraction of sp³-hybridized carbons (Fsp3) is 0.240. The second-order valence-corrected chi connectivity index (χ2v) is 10.0. The molecule has 4 rings (SSSR count). The van der Waals surface area contributed by atoms with Gasteiger partial charge in [-0.1, -0.05) is 12.1 Å². The molecule has 0 aliphatic heterocycles. The van der Waals surface area contributed by atoms with Gasteiger partial charge in [0, 0.05) is 18.3 Å². The molecule has 8 heteroatoms. The molecule has 0 fully saturated rings. The maximum Gasteiger partial charge on any atom is 0.261 e. The number of sulfonamides is 1. The van der Waals surface area contributed by atoms with Crippen molar-refractivity contribution in [3.8, 4) is 11.5 Å². The molecule has 0 saturated heterocycles. The highest BCUT2D eigenvalue weighted by Crippen LogP contribution is 2.39. The van der Waals surface area contributed by atoms with E-state index in [1.54, 1.807) is 36.4 Å².